The number of aromatic nitrogens is 2. The molecule has 0 amide bonds. The second-order valence-corrected chi connectivity index (χ2v) is 6.15. The summed E-state index contributed by atoms with van der Waals surface area (Å²) in [7, 11) is 1.41. The molecule has 1 unspecified atom stereocenters. The molecule has 1 aliphatic carbocycles. The lowest BCUT2D eigenvalue weighted by molar-refractivity contribution is -0.0368. The second-order valence-electron chi connectivity index (χ2n) is 6.15. The Bertz CT molecular complexity index is 712. The molecule has 1 atom stereocenters. The van der Waals surface area contributed by atoms with Crippen molar-refractivity contribution >= 4 is 16.9 Å². The maximum Gasteiger partial charge on any atom is 0.337 e. The van der Waals surface area contributed by atoms with Crippen LogP contribution in [0.15, 0.2) is 18.2 Å². The Morgan fingerprint density at radius 3 is 2.86 bits per heavy atom. The second kappa shape index (κ2) is 5.39. The van der Waals surface area contributed by atoms with Crippen LogP contribution in [-0.2, 0) is 9.47 Å². The molecule has 1 aromatic heterocycles. The van der Waals surface area contributed by atoms with Crippen molar-refractivity contribution in [3.63, 3.8) is 0 Å². The van der Waals surface area contributed by atoms with Crippen LogP contribution in [0.3, 0.4) is 0 Å². The summed E-state index contributed by atoms with van der Waals surface area (Å²) in [6.45, 7) is 0.797. The first-order valence-electron chi connectivity index (χ1n) is 8.00. The van der Waals surface area contributed by atoms with E-state index in [1.807, 2.05) is 22.9 Å². The molecule has 5 heteroatoms. The molecular formula is C17H20N2O3. The van der Waals surface area contributed by atoms with Gasteiger partial charge in [-0.25, -0.2) is 9.48 Å². The Kier molecular flexibility index (Phi) is 3.37. The van der Waals surface area contributed by atoms with Crippen LogP contribution in [0, 0.1) is 0 Å². The number of nitrogens with zero attached hydrogens (tertiary/aromatic N) is 2. The number of methoxy groups -OCH3 is 1. The summed E-state index contributed by atoms with van der Waals surface area (Å²) in [5.41, 5.74) is 2.75. The monoisotopic (exact) mass is 300 g/mol. The number of fused-ring (bicyclic) bond motifs is 1. The molecule has 2 aromatic rings. The van der Waals surface area contributed by atoms with E-state index in [0.29, 0.717) is 11.5 Å². The molecule has 4 rings (SSSR count). The van der Waals surface area contributed by atoms with Crippen LogP contribution < -0.4 is 0 Å². The van der Waals surface area contributed by atoms with Crippen molar-refractivity contribution in [2.75, 3.05) is 13.7 Å². The van der Waals surface area contributed by atoms with E-state index in [0.717, 1.165) is 36.0 Å². The number of benzene rings is 1. The van der Waals surface area contributed by atoms with E-state index in [1.165, 1.54) is 26.4 Å². The van der Waals surface area contributed by atoms with Gasteiger partial charge < -0.3 is 9.47 Å². The Hall–Kier alpha value is -1.88. The largest absolute Gasteiger partial charge is 0.465 e. The molecule has 2 fully saturated rings. The van der Waals surface area contributed by atoms with Crippen LogP contribution >= 0.6 is 0 Å². The topological polar surface area (TPSA) is 53.3 Å². The lowest BCUT2D eigenvalue weighted by Crippen LogP contribution is -2.19. The normalized spacial score (nSPS) is 22.0. The quantitative estimate of drug-likeness (QED) is 0.815. The molecule has 1 saturated heterocycles. The molecule has 0 radical (unpaired) electrons. The molecule has 116 valence electrons. The predicted octanol–water partition coefficient (Wildman–Crippen LogP) is 3.40. The summed E-state index contributed by atoms with van der Waals surface area (Å²) in [4.78, 5) is 11.8. The van der Waals surface area contributed by atoms with Crippen LogP contribution in [0.2, 0.25) is 0 Å². The summed E-state index contributed by atoms with van der Waals surface area (Å²) in [5.74, 6) is 0.227. The third kappa shape index (κ3) is 2.29. The molecule has 1 aliphatic heterocycles. The predicted molar refractivity (Wildman–Crippen MR) is 81.9 cm³/mol. The van der Waals surface area contributed by atoms with Gasteiger partial charge in [0.2, 0.25) is 0 Å². The maximum absolute atomic E-state index is 11.8. The van der Waals surface area contributed by atoms with Gasteiger partial charge >= 0.3 is 5.97 Å². The average molecular weight is 300 g/mol. The van der Waals surface area contributed by atoms with E-state index >= 15 is 0 Å². The molecule has 2 heterocycles. The highest BCUT2D eigenvalue weighted by atomic mass is 16.5. The van der Waals surface area contributed by atoms with Crippen molar-refractivity contribution in [2.45, 2.75) is 44.2 Å². The average Bonchev–Trinajstić information content (AvgIpc) is 3.35. The Balaban J connectivity index is 1.82. The lowest BCUT2D eigenvalue weighted by Gasteiger charge is -2.23. The first kappa shape index (κ1) is 13.8. The molecule has 1 saturated carbocycles. The fourth-order valence-corrected chi connectivity index (χ4v) is 3.20. The zero-order chi connectivity index (χ0) is 15.1. The highest BCUT2D eigenvalue weighted by molar-refractivity contribution is 5.95. The van der Waals surface area contributed by atoms with Gasteiger partial charge in [0.05, 0.1) is 23.9 Å². The third-order valence-corrected chi connectivity index (χ3v) is 4.55. The first-order valence-corrected chi connectivity index (χ1v) is 8.00. The molecule has 2 aliphatic rings. The molecule has 5 nitrogen and oxygen atoms in total. The minimum atomic E-state index is -0.301. The van der Waals surface area contributed by atoms with E-state index in [1.54, 1.807) is 0 Å². The number of esters is 1. The molecule has 22 heavy (non-hydrogen) atoms. The highest BCUT2D eigenvalue weighted by Gasteiger charge is 2.31. The number of hydrogen-bond donors (Lipinski definition) is 0. The minimum absolute atomic E-state index is 0.0210. The van der Waals surface area contributed by atoms with E-state index in [4.69, 9.17) is 14.6 Å². The van der Waals surface area contributed by atoms with E-state index in [2.05, 4.69) is 0 Å². The Labute approximate surface area is 129 Å². The molecule has 0 N–H and O–H groups in total. The zero-order valence-corrected chi connectivity index (χ0v) is 12.7. The van der Waals surface area contributed by atoms with E-state index in [-0.39, 0.29) is 12.2 Å². The third-order valence-electron chi connectivity index (χ3n) is 4.55. The lowest BCUT2D eigenvalue weighted by atomic mass is 10.1. The smallest absolute Gasteiger partial charge is 0.337 e. The van der Waals surface area contributed by atoms with Gasteiger partial charge in [0, 0.05) is 17.9 Å². The van der Waals surface area contributed by atoms with Gasteiger partial charge in [-0.1, -0.05) is 0 Å². The number of carbonyl (C=O) groups is 1. The van der Waals surface area contributed by atoms with Crippen molar-refractivity contribution in [3.8, 4) is 0 Å². The zero-order valence-electron chi connectivity index (χ0n) is 12.7. The first-order chi connectivity index (χ1) is 10.8. The fraction of sp³-hybridized carbons (Fsp3) is 0.529. The van der Waals surface area contributed by atoms with Crippen molar-refractivity contribution < 1.29 is 14.3 Å². The number of rotatable bonds is 3. The van der Waals surface area contributed by atoms with Crippen LogP contribution in [0.5, 0.6) is 0 Å². The van der Waals surface area contributed by atoms with Crippen LogP contribution in [0.1, 0.15) is 60.3 Å². The molecule has 1 aromatic carbocycles. The maximum atomic E-state index is 11.8. The summed E-state index contributed by atoms with van der Waals surface area (Å²) < 4.78 is 12.7. The van der Waals surface area contributed by atoms with Crippen LogP contribution in [0.4, 0.5) is 0 Å². The van der Waals surface area contributed by atoms with Gasteiger partial charge in [-0.15, -0.1) is 0 Å². The van der Waals surface area contributed by atoms with Gasteiger partial charge in [0.1, 0.15) is 0 Å². The van der Waals surface area contributed by atoms with Crippen molar-refractivity contribution in [3.05, 3.63) is 29.5 Å². The molecule has 0 spiro atoms. The standard InChI is InChI=1S/C17H20N2O3/c1-21-17(20)12-7-8-14-13(10-12)16(11-5-6-11)18-19(14)15-4-2-3-9-22-15/h7-8,10-11,15H,2-6,9H2,1H3. The van der Waals surface area contributed by atoms with Crippen molar-refractivity contribution in [1.82, 2.24) is 9.78 Å². The molecule has 0 bridgehead atoms. The summed E-state index contributed by atoms with van der Waals surface area (Å²) in [5, 5.41) is 5.91. The van der Waals surface area contributed by atoms with Crippen LogP contribution in [-0.4, -0.2) is 29.5 Å². The molecular weight excluding hydrogens is 280 g/mol. The van der Waals surface area contributed by atoms with Crippen molar-refractivity contribution in [2.24, 2.45) is 0 Å². The van der Waals surface area contributed by atoms with E-state index in [9.17, 15) is 4.79 Å². The van der Waals surface area contributed by atoms with Gasteiger partial charge in [-0.05, 0) is 50.3 Å². The Morgan fingerprint density at radius 2 is 2.18 bits per heavy atom. The van der Waals surface area contributed by atoms with Gasteiger partial charge in [0.25, 0.3) is 0 Å². The number of hydrogen-bond acceptors (Lipinski definition) is 4. The summed E-state index contributed by atoms with van der Waals surface area (Å²) in [6.07, 6.45) is 5.68. The Morgan fingerprint density at radius 1 is 1.32 bits per heavy atom. The minimum Gasteiger partial charge on any atom is -0.465 e. The number of ether oxygens (including phenoxy) is 2. The fourth-order valence-electron chi connectivity index (χ4n) is 3.20. The summed E-state index contributed by atoms with van der Waals surface area (Å²) in [6, 6.07) is 5.70. The van der Waals surface area contributed by atoms with Gasteiger partial charge in [0.15, 0.2) is 6.23 Å². The SMILES string of the molecule is COC(=O)c1ccc2c(c1)c(C1CC1)nn2C1CCCCO1. The van der Waals surface area contributed by atoms with E-state index < -0.39 is 0 Å². The number of carbonyl (C=O) groups excluding carboxylic acids is 1. The summed E-state index contributed by atoms with van der Waals surface area (Å²) >= 11 is 0. The van der Waals surface area contributed by atoms with Gasteiger partial charge in [-0.3, -0.25) is 0 Å². The van der Waals surface area contributed by atoms with Gasteiger partial charge in [-0.2, -0.15) is 5.10 Å². The van der Waals surface area contributed by atoms with Crippen molar-refractivity contribution in [1.29, 1.82) is 0 Å². The highest BCUT2D eigenvalue weighted by Crippen LogP contribution is 2.43. The van der Waals surface area contributed by atoms with Crippen LogP contribution in [0.25, 0.3) is 10.9 Å².